The van der Waals surface area contributed by atoms with E-state index in [1.807, 2.05) is 31.2 Å². The Morgan fingerprint density at radius 1 is 1.50 bits per heavy atom. The van der Waals surface area contributed by atoms with Crippen molar-refractivity contribution in [3.8, 4) is 0 Å². The van der Waals surface area contributed by atoms with Crippen LogP contribution in [0.15, 0.2) is 28.7 Å². The van der Waals surface area contributed by atoms with Crippen LogP contribution >= 0.6 is 15.9 Å². The summed E-state index contributed by atoms with van der Waals surface area (Å²) in [6, 6.07) is 7.94. The number of halogens is 1. The first-order chi connectivity index (χ1) is 7.62. The number of methoxy groups -OCH3 is 1. The number of benzene rings is 1. The lowest BCUT2D eigenvalue weighted by molar-refractivity contribution is 0.148. The summed E-state index contributed by atoms with van der Waals surface area (Å²) in [5.74, 6) is 0. The standard InChI is InChI=1S/C12H18BrNO2/c1-12(9-15,14-6-7-16-2)10-4-3-5-11(13)8-10/h3-5,8,14-15H,6-7,9H2,1-2H3. The van der Waals surface area contributed by atoms with Crippen molar-refractivity contribution in [2.75, 3.05) is 26.9 Å². The Morgan fingerprint density at radius 3 is 2.81 bits per heavy atom. The normalized spacial score (nSPS) is 14.8. The topological polar surface area (TPSA) is 41.5 Å². The van der Waals surface area contributed by atoms with Gasteiger partial charge in [0.25, 0.3) is 0 Å². The maximum atomic E-state index is 9.51. The lowest BCUT2D eigenvalue weighted by Crippen LogP contribution is -2.44. The van der Waals surface area contributed by atoms with Crippen molar-refractivity contribution in [2.45, 2.75) is 12.5 Å². The minimum Gasteiger partial charge on any atom is -0.394 e. The van der Waals surface area contributed by atoms with Crippen LogP contribution in [0, 0.1) is 0 Å². The van der Waals surface area contributed by atoms with Crippen LogP contribution in [0.5, 0.6) is 0 Å². The van der Waals surface area contributed by atoms with Crippen LogP contribution in [-0.4, -0.2) is 32.0 Å². The molecule has 1 unspecified atom stereocenters. The van der Waals surface area contributed by atoms with Gasteiger partial charge >= 0.3 is 0 Å². The Balaban J connectivity index is 2.78. The number of hydrogen-bond acceptors (Lipinski definition) is 3. The lowest BCUT2D eigenvalue weighted by atomic mass is 9.93. The molecule has 0 spiro atoms. The average Bonchev–Trinajstić information content (AvgIpc) is 2.29. The van der Waals surface area contributed by atoms with Crippen LogP contribution in [-0.2, 0) is 10.3 Å². The zero-order valence-corrected chi connectivity index (χ0v) is 11.3. The molecule has 0 aliphatic heterocycles. The molecule has 16 heavy (non-hydrogen) atoms. The summed E-state index contributed by atoms with van der Waals surface area (Å²) >= 11 is 3.43. The number of hydrogen-bond donors (Lipinski definition) is 2. The van der Waals surface area contributed by atoms with Crippen molar-refractivity contribution in [2.24, 2.45) is 0 Å². The van der Waals surface area contributed by atoms with E-state index in [4.69, 9.17) is 4.74 Å². The molecule has 0 radical (unpaired) electrons. The van der Waals surface area contributed by atoms with Gasteiger partial charge in [-0.3, -0.25) is 0 Å². The van der Waals surface area contributed by atoms with Gasteiger partial charge in [0.2, 0.25) is 0 Å². The highest BCUT2D eigenvalue weighted by Crippen LogP contribution is 2.23. The third-order valence-electron chi connectivity index (χ3n) is 2.60. The zero-order valence-electron chi connectivity index (χ0n) is 9.66. The summed E-state index contributed by atoms with van der Waals surface area (Å²) in [5.41, 5.74) is 0.628. The smallest absolute Gasteiger partial charge is 0.0652 e. The fraction of sp³-hybridized carbons (Fsp3) is 0.500. The molecule has 0 bridgehead atoms. The van der Waals surface area contributed by atoms with Crippen LogP contribution in [0.3, 0.4) is 0 Å². The molecule has 0 aliphatic carbocycles. The number of nitrogens with one attached hydrogen (secondary N) is 1. The Bertz CT molecular complexity index is 333. The predicted octanol–water partition coefficient (Wildman–Crippen LogP) is 1.89. The number of aliphatic hydroxyl groups excluding tert-OH is 1. The van der Waals surface area contributed by atoms with Crippen molar-refractivity contribution in [1.29, 1.82) is 0 Å². The van der Waals surface area contributed by atoms with Gasteiger partial charge in [0.05, 0.1) is 18.8 Å². The number of rotatable bonds is 6. The van der Waals surface area contributed by atoms with E-state index in [1.54, 1.807) is 7.11 Å². The largest absolute Gasteiger partial charge is 0.394 e. The van der Waals surface area contributed by atoms with E-state index in [1.165, 1.54) is 0 Å². The summed E-state index contributed by atoms with van der Waals surface area (Å²) in [5, 5.41) is 12.8. The van der Waals surface area contributed by atoms with Gasteiger partial charge in [-0.1, -0.05) is 28.1 Å². The van der Waals surface area contributed by atoms with Gasteiger partial charge < -0.3 is 15.2 Å². The third-order valence-corrected chi connectivity index (χ3v) is 3.09. The Labute approximate surface area is 105 Å². The quantitative estimate of drug-likeness (QED) is 0.786. The second-order valence-electron chi connectivity index (χ2n) is 3.92. The second-order valence-corrected chi connectivity index (χ2v) is 4.84. The van der Waals surface area contributed by atoms with Crippen molar-refractivity contribution < 1.29 is 9.84 Å². The molecule has 0 aromatic heterocycles. The molecule has 4 heteroatoms. The van der Waals surface area contributed by atoms with E-state index in [-0.39, 0.29) is 6.61 Å². The van der Waals surface area contributed by atoms with Gasteiger partial charge in [-0.15, -0.1) is 0 Å². The van der Waals surface area contributed by atoms with Gasteiger partial charge in [0.15, 0.2) is 0 Å². The Hall–Kier alpha value is -0.420. The molecule has 3 nitrogen and oxygen atoms in total. The second kappa shape index (κ2) is 6.35. The summed E-state index contributed by atoms with van der Waals surface area (Å²) in [7, 11) is 1.66. The van der Waals surface area contributed by atoms with Gasteiger partial charge in [-0.25, -0.2) is 0 Å². The van der Waals surface area contributed by atoms with Crippen LogP contribution < -0.4 is 5.32 Å². The number of ether oxygens (including phenoxy) is 1. The molecule has 2 N–H and O–H groups in total. The first kappa shape index (κ1) is 13.6. The molecule has 1 atom stereocenters. The summed E-state index contributed by atoms with van der Waals surface area (Å²) < 4.78 is 6.00. The average molecular weight is 288 g/mol. The molecular weight excluding hydrogens is 270 g/mol. The molecule has 90 valence electrons. The maximum Gasteiger partial charge on any atom is 0.0652 e. The monoisotopic (exact) mass is 287 g/mol. The first-order valence-corrected chi connectivity index (χ1v) is 6.02. The van der Waals surface area contributed by atoms with Crippen molar-refractivity contribution in [3.05, 3.63) is 34.3 Å². The predicted molar refractivity (Wildman–Crippen MR) is 68.5 cm³/mol. The maximum absolute atomic E-state index is 9.51. The van der Waals surface area contributed by atoms with E-state index >= 15 is 0 Å². The summed E-state index contributed by atoms with van der Waals surface area (Å²) in [6.45, 7) is 3.36. The van der Waals surface area contributed by atoms with E-state index in [0.717, 1.165) is 10.0 Å². The fourth-order valence-electron chi connectivity index (χ4n) is 1.51. The Morgan fingerprint density at radius 2 is 2.25 bits per heavy atom. The molecule has 0 fully saturated rings. The van der Waals surface area contributed by atoms with Crippen LogP contribution in [0.2, 0.25) is 0 Å². The third kappa shape index (κ3) is 3.56. The van der Waals surface area contributed by atoms with E-state index in [0.29, 0.717) is 13.2 Å². The number of aliphatic hydroxyl groups is 1. The molecule has 1 aromatic carbocycles. The fourth-order valence-corrected chi connectivity index (χ4v) is 1.91. The molecule has 1 aromatic rings. The van der Waals surface area contributed by atoms with Gasteiger partial charge in [-0.05, 0) is 24.6 Å². The van der Waals surface area contributed by atoms with Crippen molar-refractivity contribution in [1.82, 2.24) is 5.32 Å². The molecule has 0 saturated carbocycles. The minimum atomic E-state index is -0.428. The van der Waals surface area contributed by atoms with Crippen molar-refractivity contribution in [3.63, 3.8) is 0 Å². The van der Waals surface area contributed by atoms with Gasteiger partial charge in [-0.2, -0.15) is 0 Å². The van der Waals surface area contributed by atoms with E-state index < -0.39 is 5.54 Å². The molecular formula is C12H18BrNO2. The zero-order chi connectivity index (χ0) is 12.0. The first-order valence-electron chi connectivity index (χ1n) is 5.23. The van der Waals surface area contributed by atoms with Crippen LogP contribution in [0.25, 0.3) is 0 Å². The van der Waals surface area contributed by atoms with Gasteiger partial charge in [0, 0.05) is 18.1 Å². The highest BCUT2D eigenvalue weighted by atomic mass is 79.9. The summed E-state index contributed by atoms with van der Waals surface area (Å²) in [6.07, 6.45) is 0. The van der Waals surface area contributed by atoms with Crippen LogP contribution in [0.4, 0.5) is 0 Å². The molecule has 0 amide bonds. The molecule has 0 aliphatic rings. The van der Waals surface area contributed by atoms with E-state index in [9.17, 15) is 5.11 Å². The van der Waals surface area contributed by atoms with Gasteiger partial charge in [0.1, 0.15) is 0 Å². The molecule has 1 rings (SSSR count). The lowest BCUT2D eigenvalue weighted by Gasteiger charge is -2.29. The Kier molecular flexibility index (Phi) is 5.41. The van der Waals surface area contributed by atoms with E-state index in [2.05, 4.69) is 21.2 Å². The minimum absolute atomic E-state index is 0.0488. The summed E-state index contributed by atoms with van der Waals surface area (Å²) in [4.78, 5) is 0. The highest BCUT2D eigenvalue weighted by Gasteiger charge is 2.24. The van der Waals surface area contributed by atoms with Crippen molar-refractivity contribution >= 4 is 15.9 Å². The van der Waals surface area contributed by atoms with Crippen LogP contribution in [0.1, 0.15) is 12.5 Å². The SMILES string of the molecule is COCCNC(C)(CO)c1cccc(Br)c1. The highest BCUT2D eigenvalue weighted by molar-refractivity contribution is 9.10. The molecule has 0 heterocycles. The molecule has 0 saturated heterocycles.